The molecule has 0 saturated carbocycles. The lowest BCUT2D eigenvalue weighted by Gasteiger charge is -2.29. The van der Waals surface area contributed by atoms with E-state index in [-0.39, 0.29) is 11.2 Å². The van der Waals surface area contributed by atoms with Crippen LogP contribution < -0.4 is 4.90 Å². The van der Waals surface area contributed by atoms with Crippen molar-refractivity contribution in [3.8, 4) is 27.9 Å². The average molecular weight is 795 g/mol. The molecule has 1 aliphatic carbocycles. The lowest BCUT2D eigenvalue weighted by atomic mass is 9.81. The third kappa shape index (κ3) is 4.97. The molecule has 11 aromatic carbocycles. The van der Waals surface area contributed by atoms with Gasteiger partial charge in [-0.2, -0.15) is 0 Å². The molecule has 0 aliphatic heterocycles. The second-order valence-electron chi connectivity index (χ2n) is 17.5. The highest BCUT2D eigenvalue weighted by Gasteiger charge is 2.36. The Labute approximate surface area is 358 Å². The zero-order valence-electron chi connectivity index (χ0n) is 34.3. The predicted molar refractivity (Wildman–Crippen MR) is 260 cm³/mol. The number of benzene rings is 11. The Morgan fingerprint density at radius 2 is 1.08 bits per heavy atom. The third-order valence-corrected chi connectivity index (χ3v) is 13.7. The molecule has 1 aliphatic rings. The number of aromatic nitrogens is 1. The van der Waals surface area contributed by atoms with Crippen LogP contribution in [0.5, 0.6) is 0 Å². The quantitative estimate of drug-likeness (QED) is 0.158. The van der Waals surface area contributed by atoms with Crippen LogP contribution in [-0.2, 0) is 5.41 Å². The molecule has 62 heavy (non-hydrogen) atoms. The maximum absolute atomic E-state index is 14.3. The summed E-state index contributed by atoms with van der Waals surface area (Å²) in [6.45, 7) is 4.74. The Bertz CT molecular complexity index is 3760. The van der Waals surface area contributed by atoms with E-state index in [0.29, 0.717) is 0 Å². The van der Waals surface area contributed by atoms with Gasteiger partial charge in [0.2, 0.25) is 0 Å². The van der Waals surface area contributed by atoms with E-state index in [0.717, 1.165) is 33.8 Å². The standard InChI is InChI=1S/C59H39FN2/c1-59(2)51-33-40(21-28-47(51)48-30-27-45(35-52(48)59)61(43-14-4-3-5-15-43)53-17-9-11-36-10-6-7-16-46(36)53)39-22-31-54-50(32-39)58-49-29-20-38-13-8-12-37-18-19-41(57(49)56(37)38)34-55(58)62(54)44-25-23-42(60)24-26-44/h3-35H,1-2H3. The molecular formula is C59H39FN2. The van der Waals surface area contributed by atoms with Gasteiger partial charge in [0.25, 0.3) is 0 Å². The first-order valence-corrected chi connectivity index (χ1v) is 21.4. The summed E-state index contributed by atoms with van der Waals surface area (Å²) >= 11 is 0. The van der Waals surface area contributed by atoms with Gasteiger partial charge in [-0.1, -0.05) is 135 Å². The summed E-state index contributed by atoms with van der Waals surface area (Å²) in [5.74, 6) is -0.240. The molecule has 0 saturated heterocycles. The average Bonchev–Trinajstić information content (AvgIpc) is 3.75. The van der Waals surface area contributed by atoms with Gasteiger partial charge >= 0.3 is 0 Å². The summed E-state index contributed by atoms with van der Waals surface area (Å²) in [6, 6.07) is 71.7. The van der Waals surface area contributed by atoms with Crippen molar-refractivity contribution < 1.29 is 4.39 Å². The van der Waals surface area contributed by atoms with E-state index in [1.165, 1.54) is 87.2 Å². The van der Waals surface area contributed by atoms with E-state index in [9.17, 15) is 4.39 Å². The number of nitrogens with zero attached hydrogens (tertiary/aromatic N) is 2. The van der Waals surface area contributed by atoms with Crippen LogP contribution in [0.2, 0.25) is 0 Å². The summed E-state index contributed by atoms with van der Waals surface area (Å²) < 4.78 is 16.6. The predicted octanol–water partition coefficient (Wildman–Crippen LogP) is 16.4. The van der Waals surface area contributed by atoms with Crippen molar-refractivity contribution in [1.29, 1.82) is 0 Å². The molecule has 0 N–H and O–H groups in total. The lowest BCUT2D eigenvalue weighted by Crippen LogP contribution is -2.16. The van der Waals surface area contributed by atoms with Gasteiger partial charge in [-0.3, -0.25) is 0 Å². The first-order chi connectivity index (χ1) is 30.4. The zero-order chi connectivity index (χ0) is 41.3. The molecular weight excluding hydrogens is 756 g/mol. The van der Waals surface area contributed by atoms with Gasteiger partial charge in [-0.25, -0.2) is 4.39 Å². The zero-order valence-corrected chi connectivity index (χ0v) is 34.3. The summed E-state index contributed by atoms with van der Waals surface area (Å²) in [5.41, 5.74) is 13.9. The van der Waals surface area contributed by atoms with Crippen LogP contribution in [-0.4, -0.2) is 4.57 Å². The third-order valence-electron chi connectivity index (χ3n) is 13.7. The number of rotatable bonds is 5. The summed E-state index contributed by atoms with van der Waals surface area (Å²) in [6.07, 6.45) is 0. The largest absolute Gasteiger partial charge is 0.310 e. The number of anilines is 3. The van der Waals surface area contributed by atoms with Crippen LogP contribution in [0.1, 0.15) is 25.0 Å². The maximum atomic E-state index is 14.3. The fourth-order valence-corrected chi connectivity index (χ4v) is 10.8. The minimum absolute atomic E-state index is 0.240. The smallest absolute Gasteiger partial charge is 0.123 e. The Kier molecular flexibility index (Phi) is 7.28. The summed E-state index contributed by atoms with van der Waals surface area (Å²) in [7, 11) is 0. The van der Waals surface area contributed by atoms with Crippen molar-refractivity contribution in [2.75, 3.05) is 4.90 Å². The Morgan fingerprint density at radius 3 is 1.92 bits per heavy atom. The molecule has 0 bridgehead atoms. The summed E-state index contributed by atoms with van der Waals surface area (Å²) in [5, 5.41) is 12.4. The highest BCUT2D eigenvalue weighted by atomic mass is 19.1. The molecule has 1 aromatic heterocycles. The second-order valence-corrected chi connectivity index (χ2v) is 17.5. The molecule has 12 aromatic rings. The highest BCUT2D eigenvalue weighted by Crippen LogP contribution is 2.52. The second kappa shape index (κ2) is 12.9. The number of halogens is 1. The van der Waals surface area contributed by atoms with Gasteiger partial charge in [0, 0.05) is 38.6 Å². The van der Waals surface area contributed by atoms with Gasteiger partial charge in [-0.15, -0.1) is 0 Å². The van der Waals surface area contributed by atoms with Crippen molar-refractivity contribution in [2.24, 2.45) is 0 Å². The normalized spacial score (nSPS) is 13.2. The molecule has 0 spiro atoms. The van der Waals surface area contributed by atoms with E-state index >= 15 is 0 Å². The first-order valence-electron chi connectivity index (χ1n) is 21.4. The van der Waals surface area contributed by atoms with Crippen molar-refractivity contribution in [3.05, 3.63) is 217 Å². The van der Waals surface area contributed by atoms with Gasteiger partial charge < -0.3 is 9.47 Å². The molecule has 292 valence electrons. The van der Waals surface area contributed by atoms with Crippen LogP contribution in [0.25, 0.3) is 92.8 Å². The fourth-order valence-electron chi connectivity index (χ4n) is 10.8. The molecule has 0 radical (unpaired) electrons. The number of fused-ring (bicyclic) bond motifs is 8. The Morgan fingerprint density at radius 1 is 0.419 bits per heavy atom. The minimum atomic E-state index is -0.243. The molecule has 1 heterocycles. The number of hydrogen-bond donors (Lipinski definition) is 0. The van der Waals surface area contributed by atoms with Gasteiger partial charge in [-0.05, 0) is 150 Å². The van der Waals surface area contributed by atoms with Crippen LogP contribution in [0, 0.1) is 5.82 Å². The molecule has 0 fully saturated rings. The van der Waals surface area contributed by atoms with Gasteiger partial charge in [0.15, 0.2) is 0 Å². The van der Waals surface area contributed by atoms with Gasteiger partial charge in [0.1, 0.15) is 5.82 Å². The van der Waals surface area contributed by atoms with E-state index in [4.69, 9.17) is 0 Å². The Balaban J connectivity index is 0.976. The fraction of sp³-hybridized carbons (Fsp3) is 0.0508. The number of hydrogen-bond acceptors (Lipinski definition) is 1. The molecule has 13 rings (SSSR count). The maximum Gasteiger partial charge on any atom is 0.123 e. The first kappa shape index (κ1) is 35.0. The number of para-hydroxylation sites is 1. The topological polar surface area (TPSA) is 8.17 Å². The van der Waals surface area contributed by atoms with Crippen molar-refractivity contribution in [1.82, 2.24) is 4.57 Å². The van der Waals surface area contributed by atoms with Gasteiger partial charge in [0.05, 0.1) is 16.7 Å². The van der Waals surface area contributed by atoms with Crippen LogP contribution in [0.15, 0.2) is 200 Å². The van der Waals surface area contributed by atoms with Crippen LogP contribution in [0.4, 0.5) is 21.5 Å². The van der Waals surface area contributed by atoms with E-state index in [1.54, 1.807) is 12.1 Å². The summed E-state index contributed by atoms with van der Waals surface area (Å²) in [4.78, 5) is 2.40. The Hall–Kier alpha value is -7.75. The van der Waals surface area contributed by atoms with E-state index in [1.807, 2.05) is 12.1 Å². The monoisotopic (exact) mass is 794 g/mol. The van der Waals surface area contributed by atoms with Crippen LogP contribution in [0.3, 0.4) is 0 Å². The lowest BCUT2D eigenvalue weighted by molar-refractivity contribution is 0.627. The molecule has 2 nitrogen and oxygen atoms in total. The molecule has 3 heteroatoms. The highest BCUT2D eigenvalue weighted by molar-refractivity contribution is 6.33. The van der Waals surface area contributed by atoms with E-state index in [2.05, 4.69) is 199 Å². The molecule has 0 atom stereocenters. The van der Waals surface area contributed by atoms with Crippen molar-refractivity contribution in [2.45, 2.75) is 19.3 Å². The van der Waals surface area contributed by atoms with Crippen molar-refractivity contribution >= 4 is 82.0 Å². The van der Waals surface area contributed by atoms with Crippen LogP contribution >= 0.6 is 0 Å². The molecule has 0 unspecified atom stereocenters. The van der Waals surface area contributed by atoms with Crippen molar-refractivity contribution in [3.63, 3.8) is 0 Å². The molecule has 0 amide bonds. The minimum Gasteiger partial charge on any atom is -0.310 e. The SMILES string of the molecule is CC1(C)c2cc(-c3ccc4c(c3)c3c5ccc6cccc7ccc(cc3n4-c3ccc(F)cc3)c5c76)ccc2-c2ccc(N(c3ccccc3)c3cccc4ccccc34)cc21. The van der Waals surface area contributed by atoms with E-state index < -0.39 is 0 Å².